The number of amides is 1. The van der Waals surface area contributed by atoms with Crippen molar-refractivity contribution >= 4 is 18.3 Å². The monoisotopic (exact) mass is 640 g/mol. The van der Waals surface area contributed by atoms with E-state index in [1.807, 2.05) is 24.3 Å². The zero-order chi connectivity index (χ0) is 31.3. The Hall–Kier alpha value is -3.80. The molecule has 0 saturated carbocycles. The number of nitrogens with one attached hydrogen (secondary N) is 2. The van der Waals surface area contributed by atoms with E-state index in [9.17, 15) is 4.79 Å². The van der Waals surface area contributed by atoms with Crippen molar-refractivity contribution < 1.29 is 14.3 Å². The number of halogens is 1. The van der Waals surface area contributed by atoms with Crippen molar-refractivity contribution in [3.05, 3.63) is 131 Å². The van der Waals surface area contributed by atoms with Crippen LogP contribution in [0.4, 0.5) is 0 Å². The second-order valence-electron chi connectivity index (χ2n) is 12.2. The smallest absolute Gasteiger partial charge is 0.220 e. The van der Waals surface area contributed by atoms with Gasteiger partial charge in [0.15, 0.2) is 0 Å². The first-order chi connectivity index (χ1) is 22.1. The second-order valence-corrected chi connectivity index (χ2v) is 12.2. The Morgan fingerprint density at radius 1 is 0.761 bits per heavy atom. The summed E-state index contributed by atoms with van der Waals surface area (Å²) in [6.07, 6.45) is 8.52. The molecule has 4 aromatic carbocycles. The first-order valence-corrected chi connectivity index (χ1v) is 16.5. The highest BCUT2D eigenvalue weighted by molar-refractivity contribution is 5.85. The van der Waals surface area contributed by atoms with E-state index in [1.165, 1.54) is 22.3 Å². The van der Waals surface area contributed by atoms with Crippen LogP contribution in [0.15, 0.2) is 103 Å². The molecule has 244 valence electrons. The van der Waals surface area contributed by atoms with Crippen molar-refractivity contribution in [2.45, 2.75) is 69.2 Å². The molecule has 1 unspecified atom stereocenters. The number of hydrogen-bond donors (Lipinski definition) is 2. The molecular formula is C40H49ClN2O3. The lowest BCUT2D eigenvalue weighted by Crippen LogP contribution is -2.36. The van der Waals surface area contributed by atoms with E-state index in [0.29, 0.717) is 19.0 Å². The molecule has 0 heterocycles. The number of aryl methyl sites for hydroxylation is 2. The van der Waals surface area contributed by atoms with Gasteiger partial charge in [-0.3, -0.25) is 4.79 Å². The summed E-state index contributed by atoms with van der Waals surface area (Å²) >= 11 is 0. The minimum absolute atomic E-state index is 0. The van der Waals surface area contributed by atoms with E-state index in [0.717, 1.165) is 75.0 Å². The van der Waals surface area contributed by atoms with E-state index >= 15 is 0 Å². The maximum atomic E-state index is 12.7. The minimum atomic E-state index is -0.117. The predicted molar refractivity (Wildman–Crippen MR) is 191 cm³/mol. The molecule has 6 heteroatoms. The number of fused-ring (bicyclic) bond motifs is 1. The summed E-state index contributed by atoms with van der Waals surface area (Å²) in [5, 5.41) is 7.08. The lowest BCUT2D eigenvalue weighted by Gasteiger charge is -2.36. The molecule has 0 fully saturated rings. The highest BCUT2D eigenvalue weighted by Gasteiger charge is 2.33. The van der Waals surface area contributed by atoms with E-state index in [-0.39, 0.29) is 23.7 Å². The zero-order valence-corrected chi connectivity index (χ0v) is 28.1. The lowest BCUT2D eigenvalue weighted by atomic mass is 9.68. The maximum absolute atomic E-state index is 12.7. The molecule has 0 aromatic heterocycles. The number of carbonyl (C=O) groups excluding carboxylic acids is 1. The molecule has 46 heavy (non-hydrogen) atoms. The van der Waals surface area contributed by atoms with Crippen LogP contribution in [-0.2, 0) is 29.5 Å². The van der Waals surface area contributed by atoms with Gasteiger partial charge in [-0.05, 0) is 110 Å². The fraction of sp³-hybridized carbons (Fsp3) is 0.375. The van der Waals surface area contributed by atoms with Crippen molar-refractivity contribution in [3.8, 4) is 11.5 Å². The van der Waals surface area contributed by atoms with Crippen molar-refractivity contribution in [2.75, 3.05) is 27.3 Å². The number of methoxy groups -OCH3 is 2. The largest absolute Gasteiger partial charge is 0.497 e. The molecule has 0 spiro atoms. The van der Waals surface area contributed by atoms with Gasteiger partial charge in [-0.15, -0.1) is 12.4 Å². The molecule has 5 nitrogen and oxygen atoms in total. The molecule has 5 rings (SSSR count). The van der Waals surface area contributed by atoms with Gasteiger partial charge in [-0.1, -0.05) is 78.9 Å². The summed E-state index contributed by atoms with van der Waals surface area (Å²) in [4.78, 5) is 12.7. The topological polar surface area (TPSA) is 59.6 Å². The SMILES string of the molecule is COc1ccc(CCC(=O)NCCCC(CCCNC2CCc3cc(OC)ccc3C2)(c2ccccc2)c2ccccc2)cc1.Cl. The molecule has 0 aliphatic heterocycles. The summed E-state index contributed by atoms with van der Waals surface area (Å²) in [7, 11) is 3.40. The third kappa shape index (κ3) is 9.37. The van der Waals surface area contributed by atoms with Gasteiger partial charge in [0.2, 0.25) is 5.91 Å². The molecule has 1 amide bonds. The number of ether oxygens (including phenoxy) is 2. The highest BCUT2D eigenvalue weighted by atomic mass is 35.5. The molecule has 0 saturated heterocycles. The van der Waals surface area contributed by atoms with Crippen molar-refractivity contribution in [2.24, 2.45) is 0 Å². The molecule has 1 aliphatic carbocycles. The van der Waals surface area contributed by atoms with Crippen molar-refractivity contribution in [1.29, 1.82) is 0 Å². The molecular weight excluding hydrogens is 592 g/mol. The molecule has 4 aromatic rings. The zero-order valence-electron chi connectivity index (χ0n) is 27.3. The van der Waals surface area contributed by atoms with E-state index in [4.69, 9.17) is 9.47 Å². The van der Waals surface area contributed by atoms with Crippen molar-refractivity contribution in [1.82, 2.24) is 10.6 Å². The maximum Gasteiger partial charge on any atom is 0.220 e. The van der Waals surface area contributed by atoms with Crippen LogP contribution in [0.25, 0.3) is 0 Å². The third-order valence-corrected chi connectivity index (χ3v) is 9.41. The number of rotatable bonds is 16. The average molecular weight is 641 g/mol. The van der Waals surface area contributed by atoms with Gasteiger partial charge in [0.05, 0.1) is 14.2 Å². The van der Waals surface area contributed by atoms with Crippen LogP contribution in [0, 0.1) is 0 Å². The van der Waals surface area contributed by atoms with Gasteiger partial charge in [-0.25, -0.2) is 0 Å². The molecule has 1 aliphatic rings. The normalized spacial score (nSPS) is 14.1. The van der Waals surface area contributed by atoms with Gasteiger partial charge >= 0.3 is 0 Å². The van der Waals surface area contributed by atoms with Gasteiger partial charge in [0.25, 0.3) is 0 Å². The molecule has 2 N–H and O–H groups in total. The van der Waals surface area contributed by atoms with E-state index in [2.05, 4.69) is 89.5 Å². The van der Waals surface area contributed by atoms with Gasteiger partial charge in [0.1, 0.15) is 11.5 Å². The summed E-state index contributed by atoms with van der Waals surface area (Å²) in [6.45, 7) is 1.66. The van der Waals surface area contributed by atoms with Crippen molar-refractivity contribution in [3.63, 3.8) is 0 Å². The average Bonchev–Trinajstić information content (AvgIpc) is 3.10. The lowest BCUT2D eigenvalue weighted by molar-refractivity contribution is -0.121. The standard InChI is InChI=1S/C40H48N2O3.ClH/c1-44-37-21-15-31(16-22-37)17-24-39(43)42-28-10-26-40(34-11-5-3-6-12-34,35-13-7-4-8-14-35)25-9-27-41-36-20-18-33-30-38(45-2)23-19-32(33)29-36;/h3-8,11-16,19,21-23,30,36,41H,9-10,17-18,20,24-29H2,1-2H3,(H,42,43);1H. The quantitative estimate of drug-likeness (QED) is 0.122. The van der Waals surface area contributed by atoms with Crippen LogP contribution in [-0.4, -0.2) is 39.3 Å². The Kier molecular flexibility index (Phi) is 13.5. The Morgan fingerprint density at radius 3 is 2.00 bits per heavy atom. The third-order valence-electron chi connectivity index (χ3n) is 9.41. The predicted octanol–water partition coefficient (Wildman–Crippen LogP) is 7.87. The first kappa shape index (κ1) is 35.1. The number of benzene rings is 4. The fourth-order valence-corrected chi connectivity index (χ4v) is 6.87. The Balaban J connectivity index is 0.00000480. The minimum Gasteiger partial charge on any atom is -0.497 e. The molecule has 0 bridgehead atoms. The van der Waals surface area contributed by atoms with Crippen LogP contribution in [0.5, 0.6) is 11.5 Å². The second kappa shape index (κ2) is 17.8. The van der Waals surface area contributed by atoms with Crippen LogP contribution in [0.1, 0.15) is 66.3 Å². The summed E-state index contributed by atoms with van der Waals surface area (Å²) in [5.74, 6) is 1.89. The van der Waals surface area contributed by atoms with Gasteiger partial charge in [-0.2, -0.15) is 0 Å². The summed E-state index contributed by atoms with van der Waals surface area (Å²) in [5.41, 5.74) is 6.59. The van der Waals surface area contributed by atoms with Gasteiger partial charge < -0.3 is 20.1 Å². The number of hydrogen-bond acceptors (Lipinski definition) is 4. The molecule has 0 radical (unpaired) electrons. The summed E-state index contributed by atoms with van der Waals surface area (Å²) in [6, 6.07) is 36.9. The van der Waals surface area contributed by atoms with E-state index in [1.54, 1.807) is 14.2 Å². The van der Waals surface area contributed by atoms with E-state index < -0.39 is 0 Å². The van der Waals surface area contributed by atoms with Crippen LogP contribution < -0.4 is 20.1 Å². The molecule has 1 atom stereocenters. The Bertz CT molecular complexity index is 1440. The Morgan fingerprint density at radius 2 is 1.37 bits per heavy atom. The number of carbonyl (C=O) groups is 1. The first-order valence-electron chi connectivity index (χ1n) is 16.5. The summed E-state index contributed by atoms with van der Waals surface area (Å²) < 4.78 is 10.7. The van der Waals surface area contributed by atoms with Crippen LogP contribution in [0.2, 0.25) is 0 Å². The van der Waals surface area contributed by atoms with Crippen LogP contribution in [0.3, 0.4) is 0 Å². The van der Waals surface area contributed by atoms with Gasteiger partial charge in [0, 0.05) is 24.4 Å². The fourth-order valence-electron chi connectivity index (χ4n) is 6.87. The van der Waals surface area contributed by atoms with Crippen LogP contribution >= 0.6 is 12.4 Å². The highest BCUT2D eigenvalue weighted by Crippen LogP contribution is 2.41. The Labute approximate surface area is 281 Å².